The maximum absolute atomic E-state index is 13.7. The molecule has 0 bridgehead atoms. The lowest BCUT2D eigenvalue weighted by Crippen LogP contribution is -2.26. The second-order valence-corrected chi connectivity index (χ2v) is 7.17. The minimum absolute atomic E-state index is 0.0585. The number of anilines is 1. The first kappa shape index (κ1) is 17.6. The van der Waals surface area contributed by atoms with Crippen LogP contribution in [0.15, 0.2) is 54.1 Å². The Bertz CT molecular complexity index is 923. The molecule has 4 nitrogen and oxygen atoms in total. The highest BCUT2D eigenvalue weighted by molar-refractivity contribution is 5.65. The van der Waals surface area contributed by atoms with Crippen molar-refractivity contribution in [3.05, 3.63) is 59.8 Å². The van der Waals surface area contributed by atoms with Gasteiger partial charge >= 0.3 is 0 Å². The first-order valence-electron chi connectivity index (χ1n) is 9.06. The van der Waals surface area contributed by atoms with E-state index in [0.717, 1.165) is 12.1 Å². The van der Waals surface area contributed by atoms with Crippen LogP contribution in [-0.2, 0) is 0 Å². The summed E-state index contributed by atoms with van der Waals surface area (Å²) in [5.74, 6) is -1.74. The van der Waals surface area contributed by atoms with Gasteiger partial charge in [-0.1, -0.05) is 35.9 Å². The van der Waals surface area contributed by atoms with Crippen molar-refractivity contribution in [3.63, 3.8) is 0 Å². The van der Waals surface area contributed by atoms with Gasteiger partial charge in [-0.3, -0.25) is 0 Å². The molecule has 1 aliphatic carbocycles. The van der Waals surface area contributed by atoms with E-state index < -0.39 is 5.92 Å². The monoisotopic (exact) mass is 369 g/mol. The van der Waals surface area contributed by atoms with Crippen molar-refractivity contribution in [1.82, 2.24) is 9.97 Å². The maximum atomic E-state index is 13.7. The molecule has 1 aromatic carbocycles. The zero-order chi connectivity index (χ0) is 19.0. The Kier molecular flexibility index (Phi) is 4.42. The summed E-state index contributed by atoms with van der Waals surface area (Å²) >= 11 is 0. The average molecular weight is 369 g/mol. The summed E-state index contributed by atoms with van der Waals surface area (Å²) in [5.41, 5.74) is 2.46. The second kappa shape index (κ2) is 6.76. The molecule has 0 spiro atoms. The number of aromatic nitrogens is 2. The minimum Gasteiger partial charge on any atom is -0.507 e. The third-order valence-electron chi connectivity index (χ3n) is 5.04. The highest BCUT2D eigenvalue weighted by Crippen LogP contribution is 2.35. The molecule has 0 radical (unpaired) electrons. The van der Waals surface area contributed by atoms with E-state index >= 15 is 0 Å². The lowest BCUT2D eigenvalue weighted by atomic mass is 9.94. The second-order valence-electron chi connectivity index (χ2n) is 7.17. The molecule has 2 aromatic rings. The molecule has 2 aliphatic rings. The Balaban J connectivity index is 1.77. The Hall–Kier alpha value is -2.76. The number of para-hydroxylation sites is 1. The SMILES string of the molecule is CC1=CCC(c2cc(N3CCC(F)(F)C3)nc(-c3ccccc3O)n2)C=C1. The van der Waals surface area contributed by atoms with Gasteiger partial charge in [0.25, 0.3) is 5.92 Å². The van der Waals surface area contributed by atoms with Crippen LogP contribution < -0.4 is 4.90 Å². The van der Waals surface area contributed by atoms with Crippen molar-refractivity contribution in [2.45, 2.75) is 31.6 Å². The van der Waals surface area contributed by atoms with E-state index in [4.69, 9.17) is 0 Å². The summed E-state index contributed by atoms with van der Waals surface area (Å²) in [4.78, 5) is 10.8. The fraction of sp³-hybridized carbons (Fsp3) is 0.333. The number of hydrogen-bond donors (Lipinski definition) is 1. The van der Waals surface area contributed by atoms with Gasteiger partial charge in [-0.15, -0.1) is 0 Å². The van der Waals surface area contributed by atoms with E-state index in [2.05, 4.69) is 22.1 Å². The van der Waals surface area contributed by atoms with Crippen molar-refractivity contribution >= 4 is 5.82 Å². The van der Waals surface area contributed by atoms with E-state index in [1.165, 1.54) is 5.57 Å². The number of phenolic OH excluding ortho intramolecular Hbond substituents is 1. The Labute approximate surface area is 156 Å². The Morgan fingerprint density at radius 3 is 2.70 bits per heavy atom. The van der Waals surface area contributed by atoms with Crippen LogP contribution in [0.25, 0.3) is 11.4 Å². The number of alkyl halides is 2. The number of aromatic hydroxyl groups is 1. The van der Waals surface area contributed by atoms with Gasteiger partial charge < -0.3 is 10.0 Å². The van der Waals surface area contributed by atoms with Crippen molar-refractivity contribution in [3.8, 4) is 17.1 Å². The molecular weight excluding hydrogens is 348 g/mol. The van der Waals surface area contributed by atoms with Crippen LogP contribution in [0, 0.1) is 0 Å². The number of phenols is 1. The van der Waals surface area contributed by atoms with Gasteiger partial charge in [0, 0.05) is 24.9 Å². The molecule has 1 aromatic heterocycles. The normalized spacial score (nSPS) is 21.4. The molecule has 1 fully saturated rings. The van der Waals surface area contributed by atoms with Crippen molar-refractivity contribution in [1.29, 1.82) is 0 Å². The topological polar surface area (TPSA) is 49.2 Å². The minimum atomic E-state index is -2.70. The first-order valence-corrected chi connectivity index (χ1v) is 9.06. The van der Waals surface area contributed by atoms with Crippen LogP contribution in [0.3, 0.4) is 0 Å². The zero-order valence-corrected chi connectivity index (χ0v) is 15.1. The van der Waals surface area contributed by atoms with E-state index in [1.54, 1.807) is 35.2 Å². The number of nitrogens with zero attached hydrogens (tertiary/aromatic N) is 3. The van der Waals surface area contributed by atoms with Gasteiger partial charge in [-0.05, 0) is 25.5 Å². The first-order chi connectivity index (χ1) is 12.9. The Morgan fingerprint density at radius 1 is 1.22 bits per heavy atom. The van der Waals surface area contributed by atoms with E-state index in [1.807, 2.05) is 13.0 Å². The van der Waals surface area contributed by atoms with Crippen LogP contribution in [-0.4, -0.2) is 34.1 Å². The molecule has 1 saturated heterocycles. The van der Waals surface area contributed by atoms with Crippen LogP contribution in [0.4, 0.5) is 14.6 Å². The van der Waals surface area contributed by atoms with E-state index in [9.17, 15) is 13.9 Å². The van der Waals surface area contributed by atoms with E-state index in [-0.39, 0.29) is 31.2 Å². The van der Waals surface area contributed by atoms with Crippen molar-refractivity contribution in [2.75, 3.05) is 18.0 Å². The van der Waals surface area contributed by atoms with Crippen LogP contribution in [0.1, 0.15) is 31.4 Å². The van der Waals surface area contributed by atoms with Gasteiger partial charge in [-0.25, -0.2) is 18.7 Å². The number of benzene rings is 1. The molecule has 27 heavy (non-hydrogen) atoms. The lowest BCUT2D eigenvalue weighted by Gasteiger charge is -2.21. The summed E-state index contributed by atoms with van der Waals surface area (Å²) in [5, 5.41) is 10.2. The number of allylic oxidation sites excluding steroid dienone is 4. The summed E-state index contributed by atoms with van der Waals surface area (Å²) in [7, 11) is 0. The number of halogens is 2. The fourth-order valence-corrected chi connectivity index (χ4v) is 3.47. The standard InChI is InChI=1S/C21H21F2N3O/c1-14-6-8-15(9-7-14)17-12-19(26-11-10-21(22,23)13-26)25-20(24-17)16-4-2-3-5-18(16)27/h2-8,12,15,27H,9-11,13H2,1H3. The smallest absolute Gasteiger partial charge is 0.266 e. The van der Waals surface area contributed by atoms with Gasteiger partial charge in [0.1, 0.15) is 11.6 Å². The third kappa shape index (κ3) is 3.70. The fourth-order valence-electron chi connectivity index (χ4n) is 3.47. The van der Waals surface area contributed by atoms with Gasteiger partial charge in [0.2, 0.25) is 0 Å². The molecule has 4 rings (SSSR count). The summed E-state index contributed by atoms with van der Waals surface area (Å²) < 4.78 is 27.4. The van der Waals surface area contributed by atoms with Gasteiger partial charge in [-0.2, -0.15) is 0 Å². The molecule has 0 saturated carbocycles. The van der Waals surface area contributed by atoms with Crippen LogP contribution in [0.5, 0.6) is 5.75 Å². The zero-order valence-electron chi connectivity index (χ0n) is 15.1. The molecule has 0 amide bonds. The summed E-state index contributed by atoms with van der Waals surface area (Å²) in [6.07, 6.45) is 6.88. The summed E-state index contributed by atoms with van der Waals surface area (Å²) in [6.45, 7) is 1.95. The molecular formula is C21H21F2N3O. The largest absolute Gasteiger partial charge is 0.507 e. The summed E-state index contributed by atoms with van der Waals surface area (Å²) in [6, 6.07) is 8.62. The third-order valence-corrected chi connectivity index (χ3v) is 5.04. The highest BCUT2D eigenvalue weighted by Gasteiger charge is 2.39. The molecule has 6 heteroatoms. The maximum Gasteiger partial charge on any atom is 0.266 e. The van der Waals surface area contributed by atoms with Crippen LogP contribution in [0.2, 0.25) is 0 Å². The van der Waals surface area contributed by atoms with Gasteiger partial charge in [0.15, 0.2) is 5.82 Å². The molecule has 1 atom stereocenters. The Morgan fingerprint density at radius 2 is 2.04 bits per heavy atom. The predicted molar refractivity (Wildman–Crippen MR) is 101 cm³/mol. The molecule has 1 N–H and O–H groups in total. The van der Waals surface area contributed by atoms with Gasteiger partial charge in [0.05, 0.1) is 17.8 Å². The molecule has 2 heterocycles. The van der Waals surface area contributed by atoms with Crippen molar-refractivity contribution < 1.29 is 13.9 Å². The van der Waals surface area contributed by atoms with E-state index in [0.29, 0.717) is 17.2 Å². The lowest BCUT2D eigenvalue weighted by molar-refractivity contribution is 0.0256. The van der Waals surface area contributed by atoms with Crippen LogP contribution >= 0.6 is 0 Å². The van der Waals surface area contributed by atoms with Crippen molar-refractivity contribution in [2.24, 2.45) is 0 Å². The molecule has 140 valence electrons. The number of hydrogen-bond acceptors (Lipinski definition) is 4. The quantitative estimate of drug-likeness (QED) is 0.853. The highest BCUT2D eigenvalue weighted by atomic mass is 19.3. The number of rotatable bonds is 3. The molecule has 1 unspecified atom stereocenters. The molecule has 1 aliphatic heterocycles. The average Bonchev–Trinajstić information content (AvgIpc) is 3.02. The predicted octanol–water partition coefficient (Wildman–Crippen LogP) is 4.68.